The van der Waals surface area contributed by atoms with Crippen LogP contribution in [-0.2, 0) is 0 Å². The van der Waals surface area contributed by atoms with Crippen molar-refractivity contribution >= 4 is 40.7 Å². The van der Waals surface area contributed by atoms with E-state index in [4.69, 9.17) is 28.9 Å². The Morgan fingerprint density at radius 1 is 1.10 bits per heavy atom. The first-order chi connectivity index (χ1) is 14.4. The van der Waals surface area contributed by atoms with Crippen LogP contribution < -0.4 is 16.0 Å². The van der Waals surface area contributed by atoms with Gasteiger partial charge in [0.1, 0.15) is 5.69 Å². The fourth-order valence-corrected chi connectivity index (χ4v) is 4.20. The van der Waals surface area contributed by atoms with Crippen LogP contribution in [0.4, 0.5) is 11.6 Å². The van der Waals surface area contributed by atoms with E-state index in [0.29, 0.717) is 46.2 Å². The smallest absolute Gasteiger partial charge is 0.274 e. The molecule has 2 unspecified atom stereocenters. The van der Waals surface area contributed by atoms with Crippen molar-refractivity contribution in [3.05, 3.63) is 81.6 Å². The van der Waals surface area contributed by atoms with Crippen LogP contribution in [0, 0.1) is 6.92 Å². The summed E-state index contributed by atoms with van der Waals surface area (Å²) < 4.78 is 0. The molecule has 4 rings (SSSR count). The standard InChI is InChI=1S/C22H21Cl2N5O/c1-13-9-20(21(30)27-15-5-3-2-4-6-15)28-22(26-13)29-11-17(19(25)12-29)16-8-7-14(23)10-18(16)24/h2-10,17,19H,11-12,25H2,1H3,(H,27,30). The molecule has 2 atom stereocenters. The topological polar surface area (TPSA) is 84.1 Å². The summed E-state index contributed by atoms with van der Waals surface area (Å²) in [6, 6.07) is 16.2. The predicted molar refractivity (Wildman–Crippen MR) is 121 cm³/mol. The van der Waals surface area contributed by atoms with Gasteiger partial charge in [0.25, 0.3) is 5.91 Å². The molecule has 0 aliphatic carbocycles. The van der Waals surface area contributed by atoms with E-state index >= 15 is 0 Å². The number of hydrogen-bond acceptors (Lipinski definition) is 5. The average Bonchev–Trinajstić information content (AvgIpc) is 3.10. The van der Waals surface area contributed by atoms with E-state index in [0.717, 1.165) is 5.56 Å². The molecular weight excluding hydrogens is 421 g/mol. The number of nitrogens with zero attached hydrogens (tertiary/aromatic N) is 3. The second-order valence-corrected chi connectivity index (χ2v) is 8.20. The summed E-state index contributed by atoms with van der Waals surface area (Å²) in [5.74, 6) is 0.213. The van der Waals surface area contributed by atoms with E-state index in [1.807, 2.05) is 54.3 Å². The number of nitrogens with one attached hydrogen (secondary N) is 1. The Bertz CT molecular complexity index is 1080. The quantitative estimate of drug-likeness (QED) is 0.631. The molecule has 154 valence electrons. The maximum absolute atomic E-state index is 12.7. The number of anilines is 2. The summed E-state index contributed by atoms with van der Waals surface area (Å²) in [7, 11) is 0. The lowest BCUT2D eigenvalue weighted by molar-refractivity contribution is 0.102. The molecule has 1 fully saturated rings. The van der Waals surface area contributed by atoms with Gasteiger partial charge in [0.15, 0.2) is 0 Å². The summed E-state index contributed by atoms with van der Waals surface area (Å²) in [6.07, 6.45) is 0. The number of carbonyl (C=O) groups excluding carboxylic acids is 1. The molecule has 30 heavy (non-hydrogen) atoms. The van der Waals surface area contributed by atoms with Crippen molar-refractivity contribution in [2.24, 2.45) is 5.73 Å². The van der Waals surface area contributed by atoms with Gasteiger partial charge in [-0.05, 0) is 42.8 Å². The third-order valence-electron chi connectivity index (χ3n) is 5.12. The van der Waals surface area contributed by atoms with Crippen LogP contribution in [-0.4, -0.2) is 35.0 Å². The molecule has 1 aliphatic heterocycles. The highest BCUT2D eigenvalue weighted by Crippen LogP contribution is 2.34. The Morgan fingerprint density at radius 3 is 2.60 bits per heavy atom. The van der Waals surface area contributed by atoms with E-state index in [-0.39, 0.29) is 17.9 Å². The highest BCUT2D eigenvalue weighted by Gasteiger charge is 2.34. The second kappa shape index (κ2) is 8.60. The van der Waals surface area contributed by atoms with Gasteiger partial charge in [0, 0.05) is 46.5 Å². The Hall–Kier alpha value is -2.67. The van der Waals surface area contributed by atoms with E-state index in [2.05, 4.69) is 15.3 Å². The van der Waals surface area contributed by atoms with Crippen LogP contribution in [0.5, 0.6) is 0 Å². The molecule has 2 aromatic carbocycles. The Labute approximate surface area is 185 Å². The Morgan fingerprint density at radius 2 is 1.87 bits per heavy atom. The molecule has 1 aliphatic rings. The number of halogens is 2. The van der Waals surface area contributed by atoms with Gasteiger partial charge in [-0.2, -0.15) is 0 Å². The van der Waals surface area contributed by atoms with Crippen molar-refractivity contribution in [1.82, 2.24) is 9.97 Å². The average molecular weight is 442 g/mol. The van der Waals surface area contributed by atoms with Gasteiger partial charge in [-0.25, -0.2) is 9.97 Å². The minimum absolute atomic E-state index is 0.0143. The highest BCUT2D eigenvalue weighted by atomic mass is 35.5. The third-order valence-corrected chi connectivity index (χ3v) is 5.68. The van der Waals surface area contributed by atoms with E-state index in [9.17, 15) is 4.79 Å². The number of carbonyl (C=O) groups is 1. The van der Waals surface area contributed by atoms with E-state index in [1.165, 1.54) is 0 Å². The molecule has 0 saturated carbocycles. The minimum atomic E-state index is -0.284. The number of rotatable bonds is 4. The summed E-state index contributed by atoms with van der Waals surface area (Å²) >= 11 is 12.4. The molecule has 2 heterocycles. The first kappa shape index (κ1) is 20.6. The van der Waals surface area contributed by atoms with Crippen molar-refractivity contribution in [2.75, 3.05) is 23.3 Å². The van der Waals surface area contributed by atoms with Gasteiger partial charge < -0.3 is 16.0 Å². The number of amides is 1. The first-order valence-corrected chi connectivity index (χ1v) is 10.3. The van der Waals surface area contributed by atoms with Crippen molar-refractivity contribution in [2.45, 2.75) is 18.9 Å². The fourth-order valence-electron chi connectivity index (χ4n) is 3.65. The molecule has 8 heteroatoms. The molecule has 1 saturated heterocycles. The van der Waals surface area contributed by atoms with Gasteiger partial charge >= 0.3 is 0 Å². The van der Waals surface area contributed by atoms with Crippen LogP contribution in [0.2, 0.25) is 10.0 Å². The van der Waals surface area contributed by atoms with Crippen molar-refractivity contribution in [1.29, 1.82) is 0 Å². The van der Waals surface area contributed by atoms with Crippen LogP contribution >= 0.6 is 23.2 Å². The summed E-state index contributed by atoms with van der Waals surface area (Å²) in [5.41, 5.74) is 9.09. The fraction of sp³-hybridized carbons (Fsp3) is 0.227. The zero-order chi connectivity index (χ0) is 21.3. The van der Waals surface area contributed by atoms with Crippen LogP contribution in [0.15, 0.2) is 54.6 Å². The lowest BCUT2D eigenvalue weighted by Gasteiger charge is -2.18. The number of para-hydroxylation sites is 1. The van der Waals surface area contributed by atoms with E-state index < -0.39 is 0 Å². The van der Waals surface area contributed by atoms with E-state index in [1.54, 1.807) is 12.1 Å². The first-order valence-electron chi connectivity index (χ1n) is 9.58. The minimum Gasteiger partial charge on any atom is -0.339 e. The summed E-state index contributed by atoms with van der Waals surface area (Å²) in [4.78, 5) is 23.7. The third kappa shape index (κ3) is 4.41. The van der Waals surface area contributed by atoms with Crippen LogP contribution in [0.1, 0.15) is 27.7 Å². The highest BCUT2D eigenvalue weighted by molar-refractivity contribution is 6.35. The second-order valence-electron chi connectivity index (χ2n) is 7.36. The Balaban J connectivity index is 1.56. The molecule has 0 radical (unpaired) electrons. The van der Waals surface area contributed by atoms with Crippen molar-refractivity contribution < 1.29 is 4.79 Å². The zero-order valence-electron chi connectivity index (χ0n) is 16.3. The van der Waals surface area contributed by atoms with Gasteiger partial charge in [-0.1, -0.05) is 47.5 Å². The number of aromatic nitrogens is 2. The molecular formula is C22H21Cl2N5O. The monoisotopic (exact) mass is 441 g/mol. The summed E-state index contributed by atoms with van der Waals surface area (Å²) in [6.45, 7) is 3.01. The number of nitrogens with two attached hydrogens (primary N) is 1. The molecule has 0 spiro atoms. The van der Waals surface area contributed by atoms with Crippen LogP contribution in [0.3, 0.4) is 0 Å². The van der Waals surface area contributed by atoms with Gasteiger partial charge in [0.2, 0.25) is 5.95 Å². The SMILES string of the molecule is Cc1cc(C(=O)Nc2ccccc2)nc(N2CC(N)C(c3ccc(Cl)cc3Cl)C2)n1. The maximum atomic E-state index is 12.7. The molecule has 6 nitrogen and oxygen atoms in total. The molecule has 0 bridgehead atoms. The van der Waals surface area contributed by atoms with Crippen LogP contribution in [0.25, 0.3) is 0 Å². The normalized spacial score (nSPS) is 18.5. The number of aryl methyl sites for hydroxylation is 1. The number of hydrogen-bond donors (Lipinski definition) is 2. The molecule has 3 aromatic rings. The van der Waals surface area contributed by atoms with Crippen molar-refractivity contribution in [3.8, 4) is 0 Å². The summed E-state index contributed by atoms with van der Waals surface area (Å²) in [5, 5.41) is 4.04. The largest absolute Gasteiger partial charge is 0.339 e. The molecule has 1 aromatic heterocycles. The lowest BCUT2D eigenvalue weighted by atomic mass is 9.95. The maximum Gasteiger partial charge on any atom is 0.274 e. The molecule has 1 amide bonds. The number of benzene rings is 2. The van der Waals surface area contributed by atoms with Gasteiger partial charge in [-0.15, -0.1) is 0 Å². The van der Waals surface area contributed by atoms with Gasteiger partial charge in [-0.3, -0.25) is 4.79 Å². The zero-order valence-corrected chi connectivity index (χ0v) is 17.9. The predicted octanol–water partition coefficient (Wildman–Crippen LogP) is 4.28. The van der Waals surface area contributed by atoms with Crippen molar-refractivity contribution in [3.63, 3.8) is 0 Å². The molecule has 3 N–H and O–H groups in total. The Kier molecular flexibility index (Phi) is 5.90. The lowest BCUT2D eigenvalue weighted by Crippen LogP contribution is -2.29. The van der Waals surface area contributed by atoms with Gasteiger partial charge in [0.05, 0.1) is 0 Å².